The molecule has 0 saturated heterocycles. The molecule has 2 aromatic rings. The van der Waals surface area contributed by atoms with Crippen molar-refractivity contribution in [2.24, 2.45) is 5.92 Å². The molecular weight excluding hydrogens is 322 g/mol. The van der Waals surface area contributed by atoms with Crippen LogP contribution in [0.4, 0.5) is 5.69 Å². The van der Waals surface area contributed by atoms with Gasteiger partial charge < -0.3 is 10.1 Å². The summed E-state index contributed by atoms with van der Waals surface area (Å²) in [6.07, 6.45) is 5.58. The van der Waals surface area contributed by atoms with Crippen LogP contribution in [-0.2, 0) is 4.74 Å². The molecule has 2 aliphatic rings. The predicted octanol–water partition coefficient (Wildman–Crippen LogP) is 4.95. The molecule has 1 aliphatic carbocycles. The van der Waals surface area contributed by atoms with Crippen molar-refractivity contribution in [3.8, 4) is 0 Å². The van der Waals surface area contributed by atoms with E-state index in [9.17, 15) is 4.79 Å². The number of allylic oxidation sites excluding steroid dienone is 2. The summed E-state index contributed by atoms with van der Waals surface area (Å²) in [6.45, 7) is 0. The lowest BCUT2D eigenvalue weighted by atomic mass is 9.77. The van der Waals surface area contributed by atoms with Crippen molar-refractivity contribution in [1.82, 2.24) is 0 Å². The van der Waals surface area contributed by atoms with Gasteiger partial charge in [0.15, 0.2) is 0 Å². The fourth-order valence-electron chi connectivity index (χ4n) is 3.84. The Morgan fingerprint density at radius 3 is 2.75 bits per heavy atom. The Morgan fingerprint density at radius 2 is 2.00 bits per heavy atom. The van der Waals surface area contributed by atoms with Gasteiger partial charge in [-0.15, -0.1) is 0 Å². The molecule has 122 valence electrons. The zero-order chi connectivity index (χ0) is 16.7. The normalized spacial score (nSPS) is 24.0. The SMILES string of the molecule is COC(=O)c1ccc([C@@H]2Nc3ccc(Cl)cc3[C@@H]3C=CC[C@@H]32)cc1. The average molecular weight is 340 g/mol. The van der Waals surface area contributed by atoms with Gasteiger partial charge in [0.1, 0.15) is 0 Å². The second kappa shape index (κ2) is 5.99. The van der Waals surface area contributed by atoms with Gasteiger partial charge in [0.05, 0.1) is 18.7 Å². The van der Waals surface area contributed by atoms with Gasteiger partial charge in [0.2, 0.25) is 0 Å². The summed E-state index contributed by atoms with van der Waals surface area (Å²) < 4.78 is 4.77. The molecule has 1 heterocycles. The zero-order valence-corrected chi connectivity index (χ0v) is 14.1. The van der Waals surface area contributed by atoms with Gasteiger partial charge >= 0.3 is 5.97 Å². The van der Waals surface area contributed by atoms with Crippen molar-refractivity contribution in [2.75, 3.05) is 12.4 Å². The smallest absolute Gasteiger partial charge is 0.337 e. The van der Waals surface area contributed by atoms with E-state index in [-0.39, 0.29) is 12.0 Å². The number of fused-ring (bicyclic) bond motifs is 3. The third-order valence-corrected chi connectivity index (χ3v) is 5.25. The van der Waals surface area contributed by atoms with Crippen LogP contribution in [0.1, 0.15) is 39.9 Å². The standard InChI is InChI=1S/C20H18ClNO2/c1-24-20(23)13-7-5-12(6-8-13)19-16-4-2-3-15(16)17-11-14(21)9-10-18(17)22-19/h2-3,5-11,15-16,19,22H,4H2,1H3/t15-,16+,19+/m1/s1. The van der Waals surface area contributed by atoms with Crippen molar-refractivity contribution in [3.05, 3.63) is 76.3 Å². The van der Waals surface area contributed by atoms with Gasteiger partial charge in [-0.25, -0.2) is 4.79 Å². The fourth-order valence-corrected chi connectivity index (χ4v) is 4.02. The largest absolute Gasteiger partial charge is 0.465 e. The highest BCUT2D eigenvalue weighted by Gasteiger charge is 2.37. The van der Waals surface area contributed by atoms with E-state index in [4.69, 9.17) is 16.3 Å². The van der Waals surface area contributed by atoms with E-state index in [1.807, 2.05) is 30.3 Å². The minimum Gasteiger partial charge on any atom is -0.465 e. The Hall–Kier alpha value is -2.26. The molecule has 0 aromatic heterocycles. The Morgan fingerprint density at radius 1 is 1.21 bits per heavy atom. The number of carbonyl (C=O) groups is 1. The first-order valence-corrected chi connectivity index (χ1v) is 8.46. The van der Waals surface area contributed by atoms with Gasteiger partial charge in [0, 0.05) is 16.6 Å². The summed E-state index contributed by atoms with van der Waals surface area (Å²) >= 11 is 6.19. The minimum absolute atomic E-state index is 0.213. The number of hydrogen-bond acceptors (Lipinski definition) is 3. The van der Waals surface area contributed by atoms with Crippen LogP contribution in [0.5, 0.6) is 0 Å². The third-order valence-electron chi connectivity index (χ3n) is 5.02. The molecule has 2 aromatic carbocycles. The van der Waals surface area contributed by atoms with Crippen LogP contribution in [-0.4, -0.2) is 13.1 Å². The summed E-state index contributed by atoms with van der Waals surface area (Å²) in [5.74, 6) is 0.531. The molecule has 0 radical (unpaired) electrons. The van der Waals surface area contributed by atoms with Gasteiger partial charge in [-0.2, -0.15) is 0 Å². The molecule has 0 fully saturated rings. The molecule has 0 spiro atoms. The minimum atomic E-state index is -0.307. The van der Waals surface area contributed by atoms with Crippen molar-refractivity contribution in [1.29, 1.82) is 0 Å². The summed E-state index contributed by atoms with van der Waals surface area (Å²) in [5, 5.41) is 4.43. The van der Waals surface area contributed by atoms with Crippen molar-refractivity contribution in [3.63, 3.8) is 0 Å². The monoisotopic (exact) mass is 339 g/mol. The Balaban J connectivity index is 1.69. The molecule has 1 aliphatic heterocycles. The number of esters is 1. The molecular formula is C20H18ClNO2. The number of methoxy groups -OCH3 is 1. The number of hydrogen-bond donors (Lipinski definition) is 1. The summed E-state index contributed by atoms with van der Waals surface area (Å²) in [4.78, 5) is 11.6. The molecule has 4 heteroatoms. The summed E-state index contributed by atoms with van der Waals surface area (Å²) in [7, 11) is 1.40. The summed E-state index contributed by atoms with van der Waals surface area (Å²) in [6, 6.07) is 13.9. The highest BCUT2D eigenvalue weighted by Crippen LogP contribution is 2.50. The molecule has 0 bridgehead atoms. The van der Waals surface area contributed by atoms with Gasteiger partial charge in [-0.3, -0.25) is 0 Å². The molecule has 3 atom stereocenters. The van der Waals surface area contributed by atoms with E-state index < -0.39 is 0 Å². The van der Waals surface area contributed by atoms with E-state index in [2.05, 4.69) is 29.6 Å². The van der Waals surface area contributed by atoms with Crippen LogP contribution in [0.2, 0.25) is 5.02 Å². The first kappa shape index (κ1) is 15.3. The number of ether oxygens (including phenoxy) is 1. The Kier molecular flexibility index (Phi) is 3.81. The van der Waals surface area contributed by atoms with Crippen molar-refractivity contribution < 1.29 is 9.53 Å². The van der Waals surface area contributed by atoms with E-state index in [0.717, 1.165) is 17.1 Å². The summed E-state index contributed by atoms with van der Waals surface area (Å²) in [5.41, 5.74) is 4.16. The van der Waals surface area contributed by atoms with Crippen LogP contribution in [0.25, 0.3) is 0 Å². The van der Waals surface area contributed by atoms with E-state index in [0.29, 0.717) is 17.4 Å². The van der Waals surface area contributed by atoms with Gasteiger partial charge in [0.25, 0.3) is 0 Å². The predicted molar refractivity (Wildman–Crippen MR) is 95.6 cm³/mol. The molecule has 0 saturated carbocycles. The molecule has 3 nitrogen and oxygen atoms in total. The number of carbonyl (C=O) groups excluding carboxylic acids is 1. The van der Waals surface area contributed by atoms with E-state index in [1.54, 1.807) is 0 Å². The number of nitrogens with one attached hydrogen (secondary N) is 1. The maximum absolute atomic E-state index is 11.6. The lowest BCUT2D eigenvalue weighted by Gasteiger charge is -2.37. The van der Waals surface area contributed by atoms with Crippen molar-refractivity contribution in [2.45, 2.75) is 18.4 Å². The Bertz CT molecular complexity index is 813. The topological polar surface area (TPSA) is 38.3 Å². The highest BCUT2D eigenvalue weighted by atomic mass is 35.5. The average Bonchev–Trinajstić information content (AvgIpc) is 3.11. The highest BCUT2D eigenvalue weighted by molar-refractivity contribution is 6.30. The maximum Gasteiger partial charge on any atom is 0.337 e. The van der Waals surface area contributed by atoms with Crippen LogP contribution >= 0.6 is 11.6 Å². The second-order valence-electron chi connectivity index (χ2n) is 6.32. The molecule has 4 rings (SSSR count). The quantitative estimate of drug-likeness (QED) is 0.621. The Labute approximate surface area is 146 Å². The number of halogens is 1. The van der Waals surface area contributed by atoms with E-state index in [1.165, 1.54) is 18.2 Å². The van der Waals surface area contributed by atoms with E-state index >= 15 is 0 Å². The van der Waals surface area contributed by atoms with Gasteiger partial charge in [-0.05, 0) is 53.8 Å². The van der Waals surface area contributed by atoms with Crippen LogP contribution < -0.4 is 5.32 Å². The number of rotatable bonds is 2. The third kappa shape index (κ3) is 2.49. The fraction of sp³-hybridized carbons (Fsp3) is 0.250. The molecule has 0 amide bonds. The zero-order valence-electron chi connectivity index (χ0n) is 13.3. The first-order valence-electron chi connectivity index (χ1n) is 8.08. The van der Waals surface area contributed by atoms with Gasteiger partial charge in [-0.1, -0.05) is 35.9 Å². The lowest BCUT2D eigenvalue weighted by Crippen LogP contribution is -2.29. The molecule has 1 N–H and O–H groups in total. The number of anilines is 1. The molecule has 24 heavy (non-hydrogen) atoms. The second-order valence-corrected chi connectivity index (χ2v) is 6.76. The van der Waals surface area contributed by atoms with Crippen molar-refractivity contribution >= 4 is 23.3 Å². The first-order chi connectivity index (χ1) is 11.7. The lowest BCUT2D eigenvalue weighted by molar-refractivity contribution is 0.0600. The maximum atomic E-state index is 11.6. The number of benzene rings is 2. The van der Waals surface area contributed by atoms with Crippen LogP contribution in [0.15, 0.2) is 54.6 Å². The molecule has 0 unspecified atom stereocenters. The van der Waals surface area contributed by atoms with Crippen LogP contribution in [0.3, 0.4) is 0 Å². The van der Waals surface area contributed by atoms with Crippen LogP contribution in [0, 0.1) is 5.92 Å².